The van der Waals surface area contributed by atoms with E-state index in [-0.39, 0.29) is 57.4 Å². The molecule has 1 saturated heterocycles. The van der Waals surface area contributed by atoms with Gasteiger partial charge in [-0.15, -0.1) is 11.8 Å². The lowest BCUT2D eigenvalue weighted by molar-refractivity contribution is -0.123. The van der Waals surface area contributed by atoms with Crippen molar-refractivity contribution in [2.24, 2.45) is 29.6 Å². The molecule has 2 saturated carbocycles. The number of hydrogen-bond donors (Lipinski definition) is 1. The van der Waals surface area contributed by atoms with Gasteiger partial charge in [-0.05, 0) is 67.0 Å². The lowest BCUT2D eigenvalue weighted by Crippen LogP contribution is -2.42. The van der Waals surface area contributed by atoms with Gasteiger partial charge in [0.15, 0.2) is 0 Å². The van der Waals surface area contributed by atoms with Gasteiger partial charge in [0.05, 0.1) is 22.5 Å². The van der Waals surface area contributed by atoms with Crippen LogP contribution in [0.4, 0.5) is 5.69 Å². The SMILES string of the molecule is Cc1ccc(N2C(=O)C3C4CC(C3C2=O)C2C4Sc3[nH]c(=O)sc3[C@@H]2c2cc(Cl)ccc2OCc2ccccc2)cc1. The Labute approximate surface area is 256 Å². The number of ether oxygens (including phenoxy) is 1. The highest BCUT2D eigenvalue weighted by Gasteiger charge is 2.69. The number of thiazole rings is 1. The Kier molecular flexibility index (Phi) is 6.18. The second kappa shape index (κ2) is 9.86. The summed E-state index contributed by atoms with van der Waals surface area (Å²) in [4.78, 5) is 45.9. The average Bonchev–Trinajstić information content (AvgIpc) is 3.72. The van der Waals surface area contributed by atoms with Crippen molar-refractivity contribution < 1.29 is 14.3 Å². The number of benzene rings is 3. The number of carbonyl (C=O) groups is 2. The summed E-state index contributed by atoms with van der Waals surface area (Å²) in [7, 11) is 0. The Morgan fingerprint density at radius 1 is 0.952 bits per heavy atom. The number of hydrogen-bond acceptors (Lipinski definition) is 6. The third-order valence-corrected chi connectivity index (χ3v) is 12.4. The Morgan fingerprint density at radius 2 is 1.69 bits per heavy atom. The van der Waals surface area contributed by atoms with E-state index in [1.54, 1.807) is 11.8 Å². The minimum Gasteiger partial charge on any atom is -0.489 e. The van der Waals surface area contributed by atoms with Gasteiger partial charge in [0.2, 0.25) is 11.8 Å². The number of rotatable bonds is 5. The largest absolute Gasteiger partial charge is 0.489 e. The molecule has 0 spiro atoms. The van der Waals surface area contributed by atoms with Crippen LogP contribution in [0.25, 0.3) is 0 Å². The summed E-state index contributed by atoms with van der Waals surface area (Å²) in [6, 6.07) is 23.3. The monoisotopic (exact) mass is 614 g/mol. The van der Waals surface area contributed by atoms with Crippen molar-refractivity contribution >= 4 is 52.2 Å². The number of thioether (sulfide) groups is 1. The van der Waals surface area contributed by atoms with Gasteiger partial charge in [-0.25, -0.2) is 0 Å². The average molecular weight is 615 g/mol. The first-order chi connectivity index (χ1) is 20.4. The van der Waals surface area contributed by atoms with Crippen LogP contribution in [0.15, 0.2) is 82.6 Å². The zero-order valence-electron chi connectivity index (χ0n) is 22.7. The summed E-state index contributed by atoms with van der Waals surface area (Å²) >= 11 is 9.52. The predicted octanol–water partition coefficient (Wildman–Crippen LogP) is 6.66. The molecule has 2 amide bonds. The van der Waals surface area contributed by atoms with Crippen molar-refractivity contribution in [2.45, 2.75) is 36.1 Å². The van der Waals surface area contributed by atoms with Crippen LogP contribution in [0, 0.1) is 36.5 Å². The molecule has 2 bridgehead atoms. The first-order valence-corrected chi connectivity index (χ1v) is 16.3. The quantitative estimate of drug-likeness (QED) is 0.255. The molecule has 42 heavy (non-hydrogen) atoms. The lowest BCUT2D eigenvalue weighted by atomic mass is 9.68. The molecule has 1 aromatic heterocycles. The number of carbonyl (C=O) groups excluding carboxylic acids is 2. The Morgan fingerprint density at radius 3 is 2.45 bits per heavy atom. The topological polar surface area (TPSA) is 79.5 Å². The van der Waals surface area contributed by atoms with Gasteiger partial charge in [-0.3, -0.25) is 19.3 Å². The van der Waals surface area contributed by atoms with Gasteiger partial charge in [0.1, 0.15) is 12.4 Å². The fourth-order valence-corrected chi connectivity index (χ4v) is 11.0. The molecule has 3 aromatic carbocycles. The van der Waals surface area contributed by atoms with E-state index >= 15 is 0 Å². The number of halogens is 1. The van der Waals surface area contributed by atoms with Gasteiger partial charge in [-0.1, -0.05) is 71.0 Å². The summed E-state index contributed by atoms with van der Waals surface area (Å²) in [5, 5.41) is 1.55. The molecule has 6 unspecified atom stereocenters. The molecule has 9 heteroatoms. The molecular formula is C33H27ClN2O4S2. The summed E-state index contributed by atoms with van der Waals surface area (Å²) in [5.74, 6) is -0.204. The first kappa shape index (κ1) is 26.3. The van der Waals surface area contributed by atoms with E-state index in [0.29, 0.717) is 17.3 Å². The van der Waals surface area contributed by atoms with E-state index < -0.39 is 0 Å². The molecule has 1 N–H and O–H groups in total. The molecular weight excluding hydrogens is 588 g/mol. The minimum absolute atomic E-state index is 0.0145. The van der Waals surface area contributed by atoms with E-state index in [1.807, 2.05) is 79.7 Å². The maximum Gasteiger partial charge on any atom is 0.305 e. The van der Waals surface area contributed by atoms with Crippen molar-refractivity contribution in [1.29, 1.82) is 0 Å². The van der Waals surface area contributed by atoms with Crippen molar-refractivity contribution in [1.82, 2.24) is 4.98 Å². The van der Waals surface area contributed by atoms with Gasteiger partial charge in [0.25, 0.3) is 0 Å². The molecule has 2 aliphatic carbocycles. The molecule has 4 aliphatic rings. The van der Waals surface area contributed by atoms with Crippen LogP contribution in [0.5, 0.6) is 5.75 Å². The summed E-state index contributed by atoms with van der Waals surface area (Å²) < 4.78 is 6.41. The van der Waals surface area contributed by atoms with E-state index in [2.05, 4.69) is 4.98 Å². The Balaban J connectivity index is 1.21. The summed E-state index contributed by atoms with van der Waals surface area (Å²) in [6.07, 6.45) is 0.827. The lowest BCUT2D eigenvalue weighted by Gasteiger charge is -2.43. The predicted molar refractivity (Wildman–Crippen MR) is 164 cm³/mol. The number of imide groups is 1. The van der Waals surface area contributed by atoms with E-state index in [4.69, 9.17) is 16.3 Å². The number of aromatic amines is 1. The Bertz CT molecular complexity index is 1790. The zero-order valence-corrected chi connectivity index (χ0v) is 25.0. The fraction of sp³-hybridized carbons (Fsp3) is 0.303. The molecule has 3 heterocycles. The number of aryl methyl sites for hydroxylation is 1. The highest BCUT2D eigenvalue weighted by molar-refractivity contribution is 8.00. The highest BCUT2D eigenvalue weighted by Crippen LogP contribution is 2.69. The van der Waals surface area contributed by atoms with Crippen LogP contribution < -0.4 is 14.5 Å². The number of anilines is 1. The van der Waals surface area contributed by atoms with Crippen molar-refractivity contribution in [2.75, 3.05) is 4.90 Å². The van der Waals surface area contributed by atoms with Crippen LogP contribution in [-0.4, -0.2) is 22.0 Å². The van der Waals surface area contributed by atoms with Crippen LogP contribution >= 0.6 is 34.7 Å². The molecule has 2 aliphatic heterocycles. The number of nitrogens with one attached hydrogen (secondary N) is 1. The van der Waals surface area contributed by atoms with Crippen LogP contribution in [0.3, 0.4) is 0 Å². The van der Waals surface area contributed by atoms with E-state index in [9.17, 15) is 14.4 Å². The molecule has 212 valence electrons. The number of amides is 2. The molecule has 8 rings (SSSR count). The zero-order chi connectivity index (χ0) is 28.7. The molecule has 6 nitrogen and oxygen atoms in total. The number of aromatic nitrogens is 1. The smallest absolute Gasteiger partial charge is 0.305 e. The van der Waals surface area contributed by atoms with Crippen LogP contribution in [-0.2, 0) is 16.2 Å². The molecule has 3 fully saturated rings. The maximum atomic E-state index is 14.0. The van der Waals surface area contributed by atoms with Gasteiger partial charge >= 0.3 is 4.87 Å². The highest BCUT2D eigenvalue weighted by atomic mass is 35.5. The third kappa shape index (κ3) is 3.95. The van der Waals surface area contributed by atoms with Gasteiger partial charge < -0.3 is 9.72 Å². The second-order valence-corrected chi connectivity index (χ2v) is 14.4. The number of fused-ring (bicyclic) bond motifs is 9. The minimum atomic E-state index is -0.363. The molecule has 0 radical (unpaired) electrons. The van der Waals surface area contributed by atoms with Gasteiger partial charge in [-0.2, -0.15) is 0 Å². The fourth-order valence-electron chi connectivity index (χ4n) is 7.94. The Hall–Kier alpha value is -3.33. The van der Waals surface area contributed by atoms with Crippen molar-refractivity contribution in [3.63, 3.8) is 0 Å². The number of nitrogens with zero attached hydrogens (tertiary/aromatic N) is 1. The number of H-pyrrole nitrogens is 1. The standard InChI is InChI=1S/C33H27ClN2O4S2/c1-16-7-10-19(11-8-16)36-31(37)26-21-14-22(27(26)32(36)38)28-25(21)24(29-30(41-28)35-33(39)42-29)20-13-18(34)9-12-23(20)40-15-17-5-3-2-4-6-17/h2-13,21-22,24-28H,14-15H2,1H3,(H,35,39)/t21?,22?,24-,25?,26?,27?,28?/m1/s1. The second-order valence-electron chi connectivity index (χ2n) is 11.8. The molecule has 7 atom stereocenters. The normalized spacial score (nSPS) is 29.0. The van der Waals surface area contributed by atoms with Crippen LogP contribution in [0.2, 0.25) is 5.02 Å². The summed E-state index contributed by atoms with van der Waals surface area (Å²) in [5.41, 5.74) is 3.71. The third-order valence-electron chi connectivity index (χ3n) is 9.56. The van der Waals surface area contributed by atoms with Crippen molar-refractivity contribution in [3.8, 4) is 5.75 Å². The van der Waals surface area contributed by atoms with Crippen molar-refractivity contribution in [3.05, 3.63) is 109 Å². The molecule has 4 aromatic rings. The van der Waals surface area contributed by atoms with E-state index in [0.717, 1.165) is 38.8 Å². The summed E-state index contributed by atoms with van der Waals surface area (Å²) in [6.45, 7) is 2.39. The van der Waals surface area contributed by atoms with Crippen LogP contribution in [0.1, 0.15) is 33.9 Å². The first-order valence-electron chi connectivity index (χ1n) is 14.2. The maximum absolute atomic E-state index is 14.0. The van der Waals surface area contributed by atoms with Gasteiger partial charge in [0, 0.05) is 26.6 Å². The van der Waals surface area contributed by atoms with E-state index in [1.165, 1.54) is 16.2 Å².